The van der Waals surface area contributed by atoms with E-state index >= 15 is 0 Å². The first-order chi connectivity index (χ1) is 7.43. The topological polar surface area (TPSA) is 63.3 Å². The van der Waals surface area contributed by atoms with Gasteiger partial charge in [-0.3, -0.25) is 4.79 Å². The minimum atomic E-state index is -0.953. The quantitative estimate of drug-likeness (QED) is 0.826. The number of carboxylic acid groups (broad SMARTS) is 1. The number of hydrogen-bond acceptors (Lipinski definition) is 3. The van der Waals surface area contributed by atoms with Crippen molar-refractivity contribution in [1.29, 1.82) is 0 Å². The van der Waals surface area contributed by atoms with Gasteiger partial charge in [-0.05, 0) is 19.4 Å². The number of carboxylic acids is 1. The van der Waals surface area contributed by atoms with Gasteiger partial charge in [0.1, 0.15) is 6.04 Å². The van der Waals surface area contributed by atoms with Gasteiger partial charge in [0.25, 0.3) is 0 Å². The molecule has 0 heterocycles. The molecule has 0 aromatic heterocycles. The lowest BCUT2D eigenvalue weighted by molar-refractivity contribution is -0.139. The van der Waals surface area contributed by atoms with Gasteiger partial charge in [-0.15, -0.1) is 11.8 Å². The summed E-state index contributed by atoms with van der Waals surface area (Å²) in [5, 5.41) is 8.88. The lowest BCUT2D eigenvalue weighted by atomic mass is 10.1. The van der Waals surface area contributed by atoms with Crippen molar-refractivity contribution < 1.29 is 9.90 Å². The smallest absolute Gasteiger partial charge is 0.321 e. The Morgan fingerprint density at radius 1 is 1.44 bits per heavy atom. The van der Waals surface area contributed by atoms with Crippen molar-refractivity contribution in [1.82, 2.24) is 0 Å². The van der Waals surface area contributed by atoms with E-state index in [4.69, 9.17) is 10.8 Å². The number of aliphatic carboxylic acids is 1. The average Bonchev–Trinajstić information content (AvgIpc) is 2.27. The largest absolute Gasteiger partial charge is 0.480 e. The first-order valence-corrected chi connectivity index (χ1v) is 6.08. The van der Waals surface area contributed by atoms with Crippen LogP contribution in [-0.2, 0) is 10.5 Å². The van der Waals surface area contributed by atoms with E-state index in [0.717, 1.165) is 5.75 Å². The van der Waals surface area contributed by atoms with Crippen LogP contribution >= 0.6 is 11.8 Å². The van der Waals surface area contributed by atoms with Crippen molar-refractivity contribution >= 4 is 17.7 Å². The maximum atomic E-state index is 10.8. The van der Waals surface area contributed by atoms with Crippen LogP contribution in [0.2, 0.25) is 0 Å². The van der Waals surface area contributed by atoms with Crippen LogP contribution in [0.5, 0.6) is 0 Å². The Hall–Kier alpha value is -1.00. The number of rotatable bonds is 5. The van der Waals surface area contributed by atoms with Crippen LogP contribution in [0.15, 0.2) is 30.3 Å². The average molecular weight is 239 g/mol. The monoisotopic (exact) mass is 239 g/mol. The van der Waals surface area contributed by atoms with E-state index in [1.807, 2.05) is 44.2 Å². The minimum Gasteiger partial charge on any atom is -0.480 e. The molecule has 1 atom stereocenters. The molecule has 0 aliphatic heterocycles. The molecule has 0 fully saturated rings. The fraction of sp³-hybridized carbons (Fsp3) is 0.417. The van der Waals surface area contributed by atoms with Crippen molar-refractivity contribution in [3.63, 3.8) is 0 Å². The van der Waals surface area contributed by atoms with Gasteiger partial charge >= 0.3 is 5.97 Å². The van der Waals surface area contributed by atoms with Crippen LogP contribution < -0.4 is 5.73 Å². The Morgan fingerprint density at radius 2 is 2.00 bits per heavy atom. The lowest BCUT2D eigenvalue weighted by Crippen LogP contribution is -2.46. The van der Waals surface area contributed by atoms with Crippen molar-refractivity contribution in [2.45, 2.75) is 30.4 Å². The van der Waals surface area contributed by atoms with E-state index in [2.05, 4.69) is 0 Å². The fourth-order valence-corrected chi connectivity index (χ4v) is 2.24. The van der Waals surface area contributed by atoms with Crippen molar-refractivity contribution in [2.24, 2.45) is 5.73 Å². The molecule has 16 heavy (non-hydrogen) atoms. The normalized spacial score (nSPS) is 13.4. The van der Waals surface area contributed by atoms with Gasteiger partial charge < -0.3 is 10.8 Å². The second kappa shape index (κ2) is 5.37. The lowest BCUT2D eigenvalue weighted by Gasteiger charge is -2.27. The SMILES string of the molecule is CC(C)(SCc1ccccc1)C(N)C(=O)O. The van der Waals surface area contributed by atoms with Crippen LogP contribution in [-0.4, -0.2) is 21.9 Å². The highest BCUT2D eigenvalue weighted by atomic mass is 32.2. The molecule has 1 aromatic rings. The van der Waals surface area contributed by atoms with Gasteiger partial charge in [-0.2, -0.15) is 0 Å². The van der Waals surface area contributed by atoms with Crippen molar-refractivity contribution in [3.05, 3.63) is 35.9 Å². The van der Waals surface area contributed by atoms with Gasteiger partial charge in [-0.25, -0.2) is 0 Å². The van der Waals surface area contributed by atoms with Crippen LogP contribution in [0.4, 0.5) is 0 Å². The van der Waals surface area contributed by atoms with Gasteiger partial charge in [0, 0.05) is 10.5 Å². The zero-order valence-electron chi connectivity index (χ0n) is 9.51. The zero-order valence-corrected chi connectivity index (χ0v) is 10.3. The summed E-state index contributed by atoms with van der Waals surface area (Å²) in [7, 11) is 0. The molecule has 1 rings (SSSR count). The first kappa shape index (κ1) is 13.1. The molecule has 88 valence electrons. The second-order valence-corrected chi connectivity index (χ2v) is 5.82. The van der Waals surface area contributed by atoms with Crippen LogP contribution in [0.25, 0.3) is 0 Å². The third-order valence-corrected chi connectivity index (χ3v) is 3.94. The summed E-state index contributed by atoms with van der Waals surface area (Å²) in [5.41, 5.74) is 6.82. The molecule has 0 radical (unpaired) electrons. The Balaban J connectivity index is 2.57. The van der Waals surface area contributed by atoms with Gasteiger partial charge in [-0.1, -0.05) is 30.3 Å². The van der Waals surface area contributed by atoms with Gasteiger partial charge in [0.2, 0.25) is 0 Å². The predicted molar refractivity (Wildman–Crippen MR) is 67.4 cm³/mol. The fourth-order valence-electron chi connectivity index (χ4n) is 1.23. The number of benzene rings is 1. The molecule has 4 heteroatoms. The number of carbonyl (C=O) groups is 1. The second-order valence-electron chi connectivity index (χ2n) is 4.19. The molecule has 0 spiro atoms. The molecule has 3 nitrogen and oxygen atoms in total. The Morgan fingerprint density at radius 3 is 2.50 bits per heavy atom. The highest BCUT2D eigenvalue weighted by Gasteiger charge is 2.32. The summed E-state index contributed by atoms with van der Waals surface area (Å²) in [6, 6.07) is 9.11. The Labute approximate surface area is 100 Å². The highest BCUT2D eigenvalue weighted by Crippen LogP contribution is 2.30. The van der Waals surface area contributed by atoms with Crippen LogP contribution in [0, 0.1) is 0 Å². The number of nitrogens with two attached hydrogens (primary N) is 1. The summed E-state index contributed by atoms with van der Waals surface area (Å²) >= 11 is 1.56. The van der Waals surface area contributed by atoms with Crippen LogP contribution in [0.1, 0.15) is 19.4 Å². The van der Waals surface area contributed by atoms with Gasteiger partial charge in [0.15, 0.2) is 0 Å². The Bertz CT molecular complexity index is 351. The zero-order chi connectivity index (χ0) is 12.2. The molecule has 0 saturated heterocycles. The van der Waals surface area contributed by atoms with E-state index in [9.17, 15) is 4.79 Å². The van der Waals surface area contributed by atoms with Crippen molar-refractivity contribution in [3.8, 4) is 0 Å². The first-order valence-electron chi connectivity index (χ1n) is 5.10. The number of thioether (sulfide) groups is 1. The third kappa shape index (κ3) is 3.54. The standard InChI is InChI=1S/C12H17NO2S/c1-12(2,10(13)11(14)15)16-8-9-6-4-3-5-7-9/h3-7,10H,8,13H2,1-2H3,(H,14,15). The highest BCUT2D eigenvalue weighted by molar-refractivity contribution is 7.99. The van der Waals surface area contributed by atoms with Gasteiger partial charge in [0.05, 0.1) is 0 Å². The Kier molecular flexibility index (Phi) is 4.38. The maximum Gasteiger partial charge on any atom is 0.321 e. The summed E-state index contributed by atoms with van der Waals surface area (Å²) in [6.45, 7) is 3.72. The van der Waals surface area contributed by atoms with E-state index in [0.29, 0.717) is 0 Å². The molecule has 0 amide bonds. The summed E-state index contributed by atoms with van der Waals surface area (Å²) < 4.78 is -0.471. The maximum absolute atomic E-state index is 10.8. The van der Waals surface area contributed by atoms with E-state index < -0.39 is 16.8 Å². The summed E-state index contributed by atoms with van der Waals surface area (Å²) in [6.07, 6.45) is 0. The molecular formula is C12H17NO2S. The molecule has 1 aromatic carbocycles. The molecule has 0 aliphatic rings. The third-order valence-electron chi connectivity index (χ3n) is 2.47. The van der Waals surface area contributed by atoms with E-state index in [1.165, 1.54) is 5.56 Å². The molecule has 0 aliphatic carbocycles. The summed E-state index contributed by atoms with van der Waals surface area (Å²) in [4.78, 5) is 10.8. The van der Waals surface area contributed by atoms with E-state index in [-0.39, 0.29) is 0 Å². The minimum absolute atomic E-state index is 0.471. The predicted octanol–water partition coefficient (Wildman–Crippen LogP) is 2.11. The van der Waals surface area contributed by atoms with E-state index in [1.54, 1.807) is 11.8 Å². The summed E-state index contributed by atoms with van der Waals surface area (Å²) in [5.74, 6) is -0.181. The van der Waals surface area contributed by atoms with Crippen LogP contribution in [0.3, 0.4) is 0 Å². The molecule has 0 bridgehead atoms. The molecular weight excluding hydrogens is 222 g/mol. The molecule has 0 saturated carbocycles. The number of hydrogen-bond donors (Lipinski definition) is 2. The molecule has 1 unspecified atom stereocenters. The molecule has 3 N–H and O–H groups in total. The van der Waals surface area contributed by atoms with Crippen molar-refractivity contribution in [2.75, 3.05) is 0 Å².